The zero-order valence-corrected chi connectivity index (χ0v) is 19.8. The summed E-state index contributed by atoms with van der Waals surface area (Å²) in [6, 6.07) is 13.2. The Hall–Kier alpha value is -3.02. The van der Waals surface area contributed by atoms with Crippen LogP contribution in [0.25, 0.3) is 0 Å². The van der Waals surface area contributed by atoms with E-state index in [2.05, 4.69) is 35.3 Å². The molecule has 2 aromatic carbocycles. The van der Waals surface area contributed by atoms with Crippen molar-refractivity contribution in [2.45, 2.75) is 64.8 Å². The quantitative estimate of drug-likeness (QED) is 0.480. The van der Waals surface area contributed by atoms with Crippen LogP contribution in [0.3, 0.4) is 0 Å². The van der Waals surface area contributed by atoms with E-state index in [0.717, 1.165) is 37.9 Å². The average Bonchev–Trinajstić information content (AvgIpc) is 2.82. The number of aromatic carboxylic acids is 1. The van der Waals surface area contributed by atoms with Gasteiger partial charge in [0.15, 0.2) is 0 Å². The van der Waals surface area contributed by atoms with Gasteiger partial charge in [0.25, 0.3) is 0 Å². The van der Waals surface area contributed by atoms with Gasteiger partial charge in [-0.15, -0.1) is 0 Å². The number of unbranched alkanes of at least 4 members (excludes halogenated alkanes) is 1. The minimum atomic E-state index is -1.04. The summed E-state index contributed by atoms with van der Waals surface area (Å²) in [5.74, 6) is -0.813. The Bertz CT molecular complexity index is 937. The van der Waals surface area contributed by atoms with Crippen molar-refractivity contribution in [3.63, 3.8) is 0 Å². The highest BCUT2D eigenvalue weighted by Crippen LogP contribution is 2.31. The maximum absolute atomic E-state index is 13.1. The first-order valence-electron chi connectivity index (χ1n) is 12.2. The van der Waals surface area contributed by atoms with Crippen molar-refractivity contribution in [2.24, 2.45) is 0 Å². The van der Waals surface area contributed by atoms with Crippen LogP contribution >= 0.6 is 0 Å². The number of anilines is 1. The van der Waals surface area contributed by atoms with E-state index in [1.165, 1.54) is 36.6 Å². The second kappa shape index (κ2) is 12.3. The fourth-order valence-corrected chi connectivity index (χ4v) is 4.48. The third-order valence-electron chi connectivity index (χ3n) is 6.13. The molecule has 1 heterocycles. The van der Waals surface area contributed by atoms with Crippen molar-refractivity contribution in [1.82, 2.24) is 5.32 Å². The summed E-state index contributed by atoms with van der Waals surface area (Å²) in [4.78, 5) is 26.9. The minimum Gasteiger partial charge on any atom is -0.493 e. The van der Waals surface area contributed by atoms with E-state index < -0.39 is 5.97 Å². The summed E-state index contributed by atoms with van der Waals surface area (Å²) < 4.78 is 5.49. The predicted molar refractivity (Wildman–Crippen MR) is 131 cm³/mol. The van der Waals surface area contributed by atoms with E-state index in [1.54, 1.807) is 12.1 Å². The maximum atomic E-state index is 13.1. The highest BCUT2D eigenvalue weighted by molar-refractivity contribution is 5.91. The van der Waals surface area contributed by atoms with E-state index >= 15 is 0 Å². The summed E-state index contributed by atoms with van der Waals surface area (Å²) in [6.07, 6.45) is 6.83. The van der Waals surface area contributed by atoms with Gasteiger partial charge in [-0.2, -0.15) is 0 Å². The van der Waals surface area contributed by atoms with Gasteiger partial charge in [-0.05, 0) is 61.9 Å². The van der Waals surface area contributed by atoms with Gasteiger partial charge in [0, 0.05) is 18.8 Å². The molecule has 0 saturated carbocycles. The number of hydrogen-bond acceptors (Lipinski definition) is 4. The van der Waals surface area contributed by atoms with E-state index in [1.807, 2.05) is 13.0 Å². The second-order valence-electron chi connectivity index (χ2n) is 8.61. The third kappa shape index (κ3) is 6.73. The molecule has 1 fully saturated rings. The molecule has 0 spiro atoms. The first-order chi connectivity index (χ1) is 16.0. The molecule has 1 saturated heterocycles. The number of carboxylic acids is 1. The number of hydrogen-bond donors (Lipinski definition) is 2. The Labute approximate surface area is 196 Å². The van der Waals surface area contributed by atoms with E-state index in [-0.39, 0.29) is 23.9 Å². The van der Waals surface area contributed by atoms with Gasteiger partial charge in [0.05, 0.1) is 19.1 Å². The normalized spacial score (nSPS) is 14.5. The predicted octanol–water partition coefficient (Wildman–Crippen LogP) is 5.36. The van der Waals surface area contributed by atoms with Crippen LogP contribution in [-0.2, 0) is 11.2 Å². The molecule has 33 heavy (non-hydrogen) atoms. The number of ether oxygens (including phenoxy) is 1. The number of carbonyl (C=O) groups is 2. The SMILES string of the molecule is CCCCC(NC(=O)Cc1ccc(C(=O)O)c(OCC)c1)c1ccccc1N1CCCCC1. The number of carboxylic acid groups (broad SMARTS) is 1. The number of nitrogens with one attached hydrogen (secondary N) is 1. The van der Waals surface area contributed by atoms with Crippen LogP contribution < -0.4 is 15.0 Å². The van der Waals surface area contributed by atoms with Crippen LogP contribution in [0, 0.1) is 0 Å². The lowest BCUT2D eigenvalue weighted by Gasteiger charge is -2.33. The molecule has 0 bridgehead atoms. The number of nitrogens with zero attached hydrogens (tertiary/aromatic N) is 1. The first kappa shape index (κ1) is 24.6. The van der Waals surface area contributed by atoms with E-state index in [4.69, 9.17) is 4.74 Å². The van der Waals surface area contributed by atoms with Gasteiger partial charge in [-0.1, -0.05) is 44.0 Å². The highest BCUT2D eigenvalue weighted by atomic mass is 16.5. The lowest BCUT2D eigenvalue weighted by Crippen LogP contribution is -2.34. The molecule has 178 valence electrons. The van der Waals surface area contributed by atoms with E-state index in [0.29, 0.717) is 12.4 Å². The molecule has 0 radical (unpaired) electrons. The molecule has 0 aliphatic carbocycles. The molecule has 1 atom stereocenters. The van der Waals surface area contributed by atoms with Crippen LogP contribution in [0.1, 0.15) is 79.9 Å². The molecule has 1 aliphatic rings. The lowest BCUT2D eigenvalue weighted by atomic mass is 9.97. The van der Waals surface area contributed by atoms with Gasteiger partial charge in [-0.3, -0.25) is 4.79 Å². The number of para-hydroxylation sites is 1. The van der Waals surface area contributed by atoms with E-state index in [9.17, 15) is 14.7 Å². The Kier molecular flexibility index (Phi) is 9.16. The molecule has 2 aromatic rings. The van der Waals surface area contributed by atoms with Crippen LogP contribution in [0.5, 0.6) is 5.75 Å². The summed E-state index contributed by atoms with van der Waals surface area (Å²) in [5.41, 5.74) is 3.25. The lowest BCUT2D eigenvalue weighted by molar-refractivity contribution is -0.121. The Morgan fingerprint density at radius 2 is 1.85 bits per heavy atom. The van der Waals surface area contributed by atoms with Crippen LogP contribution in [0.2, 0.25) is 0 Å². The number of benzene rings is 2. The van der Waals surface area contributed by atoms with Gasteiger partial charge in [0.1, 0.15) is 11.3 Å². The molecular formula is C27H36N2O4. The molecular weight excluding hydrogens is 416 g/mol. The summed E-state index contributed by atoms with van der Waals surface area (Å²) >= 11 is 0. The first-order valence-corrected chi connectivity index (χ1v) is 12.2. The van der Waals surface area contributed by atoms with Crippen LogP contribution in [-0.4, -0.2) is 36.7 Å². The fraction of sp³-hybridized carbons (Fsp3) is 0.481. The maximum Gasteiger partial charge on any atom is 0.339 e. The summed E-state index contributed by atoms with van der Waals surface area (Å²) in [6.45, 7) is 6.45. The van der Waals surface area contributed by atoms with Gasteiger partial charge in [-0.25, -0.2) is 4.79 Å². The molecule has 0 aromatic heterocycles. The van der Waals surface area contributed by atoms with Crippen molar-refractivity contribution < 1.29 is 19.4 Å². The standard InChI is InChI=1S/C27H36N2O4/c1-3-5-12-23(21-11-7-8-13-24(21)29-16-9-6-10-17-29)28-26(30)19-20-14-15-22(27(31)32)25(18-20)33-4-2/h7-8,11,13-15,18,23H,3-6,9-10,12,16-17,19H2,1-2H3,(H,28,30)(H,31,32). The Morgan fingerprint density at radius 3 is 2.55 bits per heavy atom. The number of carbonyl (C=O) groups excluding carboxylic acids is 1. The number of amides is 1. The molecule has 1 aliphatic heterocycles. The molecule has 3 rings (SSSR count). The van der Waals surface area contributed by atoms with Gasteiger partial charge < -0.3 is 20.1 Å². The van der Waals surface area contributed by atoms with Crippen molar-refractivity contribution >= 4 is 17.6 Å². The molecule has 2 N–H and O–H groups in total. The molecule has 1 amide bonds. The number of piperidine rings is 1. The van der Waals surface area contributed by atoms with Crippen LogP contribution in [0.4, 0.5) is 5.69 Å². The third-order valence-corrected chi connectivity index (χ3v) is 6.13. The van der Waals surface area contributed by atoms with Crippen molar-refractivity contribution in [2.75, 3.05) is 24.6 Å². The molecule has 1 unspecified atom stereocenters. The monoisotopic (exact) mass is 452 g/mol. The van der Waals surface area contributed by atoms with Gasteiger partial charge >= 0.3 is 5.97 Å². The van der Waals surface area contributed by atoms with Crippen molar-refractivity contribution in [3.05, 3.63) is 59.2 Å². The molecule has 6 nitrogen and oxygen atoms in total. The topological polar surface area (TPSA) is 78.9 Å². The summed E-state index contributed by atoms with van der Waals surface area (Å²) in [5, 5.41) is 12.6. The fourth-order valence-electron chi connectivity index (χ4n) is 4.48. The zero-order chi connectivity index (χ0) is 23.6. The van der Waals surface area contributed by atoms with Crippen molar-refractivity contribution in [3.8, 4) is 5.75 Å². The molecule has 6 heteroatoms. The Balaban J connectivity index is 1.78. The van der Waals surface area contributed by atoms with Crippen LogP contribution in [0.15, 0.2) is 42.5 Å². The van der Waals surface area contributed by atoms with Crippen molar-refractivity contribution in [1.29, 1.82) is 0 Å². The smallest absolute Gasteiger partial charge is 0.339 e. The average molecular weight is 453 g/mol. The highest BCUT2D eigenvalue weighted by Gasteiger charge is 2.22. The summed E-state index contributed by atoms with van der Waals surface area (Å²) in [7, 11) is 0. The second-order valence-corrected chi connectivity index (χ2v) is 8.61. The Morgan fingerprint density at radius 1 is 1.09 bits per heavy atom. The van der Waals surface area contributed by atoms with Gasteiger partial charge in [0.2, 0.25) is 5.91 Å². The number of rotatable bonds is 11. The largest absolute Gasteiger partial charge is 0.493 e. The zero-order valence-electron chi connectivity index (χ0n) is 19.8. The minimum absolute atomic E-state index is 0.0553.